The summed E-state index contributed by atoms with van der Waals surface area (Å²) < 4.78 is 3.63. The van der Waals surface area contributed by atoms with Crippen LogP contribution in [-0.2, 0) is 13.0 Å². The Kier molecular flexibility index (Phi) is 7.36. The topological polar surface area (TPSA) is 115 Å². The number of pyridine rings is 1. The van der Waals surface area contributed by atoms with Crippen molar-refractivity contribution in [1.29, 1.82) is 0 Å². The number of aliphatic hydroxyl groups excluding tert-OH is 1. The molecule has 1 aliphatic rings. The van der Waals surface area contributed by atoms with Crippen LogP contribution in [0.15, 0.2) is 53.6 Å². The van der Waals surface area contributed by atoms with Gasteiger partial charge in [-0.2, -0.15) is 5.21 Å². The van der Waals surface area contributed by atoms with E-state index in [1.165, 1.54) is 0 Å². The maximum absolute atomic E-state index is 13.6. The first-order chi connectivity index (χ1) is 17.6. The summed E-state index contributed by atoms with van der Waals surface area (Å²) in [4.78, 5) is 18.2. The highest BCUT2D eigenvalue weighted by Crippen LogP contribution is 2.28. The molecule has 9 heteroatoms. The predicted molar refractivity (Wildman–Crippen MR) is 137 cm³/mol. The standard InChI is InChI=1S/C27H33N7O2/c1-2-3-10-23-18-34(24-11-5-4-6-12-25(24)35)27(36)33(23)17-22-16-20(13-14-28-22)19-8-7-9-21(15-19)26-29-31-32-30-26/h7-9,13-16,18,24-25,35H,2-6,10-12,17H2,1H3,(H,29,30,31,32). The fourth-order valence-electron chi connectivity index (χ4n) is 5.13. The van der Waals surface area contributed by atoms with Gasteiger partial charge in [-0.15, -0.1) is 10.2 Å². The van der Waals surface area contributed by atoms with Crippen molar-refractivity contribution in [3.63, 3.8) is 0 Å². The fraction of sp³-hybridized carbons (Fsp3) is 0.444. The van der Waals surface area contributed by atoms with Crippen molar-refractivity contribution in [2.75, 3.05) is 0 Å². The zero-order valence-corrected chi connectivity index (χ0v) is 20.7. The molecule has 5 rings (SSSR count). The number of tetrazole rings is 1. The number of hydrogen-bond acceptors (Lipinski definition) is 6. The lowest BCUT2D eigenvalue weighted by Crippen LogP contribution is -2.33. The van der Waals surface area contributed by atoms with Gasteiger partial charge in [-0.25, -0.2) is 4.79 Å². The van der Waals surface area contributed by atoms with Gasteiger partial charge in [0.2, 0.25) is 5.82 Å². The molecule has 4 aromatic rings. The molecule has 9 nitrogen and oxygen atoms in total. The highest BCUT2D eigenvalue weighted by molar-refractivity contribution is 5.70. The van der Waals surface area contributed by atoms with Gasteiger partial charge in [-0.05, 0) is 60.2 Å². The molecule has 3 heterocycles. The maximum atomic E-state index is 13.6. The van der Waals surface area contributed by atoms with E-state index in [9.17, 15) is 9.90 Å². The molecule has 1 aromatic carbocycles. The Balaban J connectivity index is 1.46. The van der Waals surface area contributed by atoms with Gasteiger partial charge < -0.3 is 5.11 Å². The molecule has 1 saturated carbocycles. The van der Waals surface area contributed by atoms with Crippen molar-refractivity contribution in [1.82, 2.24) is 34.7 Å². The molecule has 188 valence electrons. The van der Waals surface area contributed by atoms with E-state index in [4.69, 9.17) is 0 Å². The Hall–Kier alpha value is -3.59. The summed E-state index contributed by atoms with van der Waals surface area (Å²) in [6, 6.07) is 11.8. The van der Waals surface area contributed by atoms with Gasteiger partial charge in [0.05, 0.1) is 24.4 Å². The number of H-pyrrole nitrogens is 1. The van der Waals surface area contributed by atoms with Crippen molar-refractivity contribution < 1.29 is 5.11 Å². The van der Waals surface area contributed by atoms with E-state index < -0.39 is 6.10 Å². The van der Waals surface area contributed by atoms with Crippen LogP contribution in [0.3, 0.4) is 0 Å². The van der Waals surface area contributed by atoms with Crippen molar-refractivity contribution in [3.05, 3.63) is 70.7 Å². The average Bonchev–Trinajstić information content (AvgIpc) is 3.49. The second kappa shape index (κ2) is 11.0. The molecule has 1 fully saturated rings. The van der Waals surface area contributed by atoms with Gasteiger partial charge in [0.15, 0.2) is 0 Å². The molecular formula is C27H33N7O2. The average molecular weight is 488 g/mol. The van der Waals surface area contributed by atoms with Gasteiger partial charge in [0.1, 0.15) is 0 Å². The van der Waals surface area contributed by atoms with Crippen molar-refractivity contribution >= 4 is 0 Å². The fourth-order valence-corrected chi connectivity index (χ4v) is 5.13. The van der Waals surface area contributed by atoms with Gasteiger partial charge in [0, 0.05) is 23.7 Å². The van der Waals surface area contributed by atoms with Crippen LogP contribution < -0.4 is 5.69 Å². The Morgan fingerprint density at radius 1 is 1.08 bits per heavy atom. The van der Waals surface area contributed by atoms with Crippen LogP contribution in [-0.4, -0.2) is 46.0 Å². The number of aryl methyl sites for hydroxylation is 1. The highest BCUT2D eigenvalue weighted by atomic mass is 16.3. The lowest BCUT2D eigenvalue weighted by Gasteiger charge is -2.20. The van der Waals surface area contributed by atoms with Gasteiger partial charge >= 0.3 is 5.69 Å². The van der Waals surface area contributed by atoms with Crippen molar-refractivity contribution in [3.8, 4) is 22.5 Å². The molecule has 0 aliphatic heterocycles. The molecule has 0 saturated heterocycles. The van der Waals surface area contributed by atoms with E-state index in [1.54, 1.807) is 10.8 Å². The van der Waals surface area contributed by atoms with Gasteiger partial charge in [0.25, 0.3) is 0 Å². The van der Waals surface area contributed by atoms with Gasteiger partial charge in [-0.3, -0.25) is 14.1 Å². The summed E-state index contributed by atoms with van der Waals surface area (Å²) in [6.45, 7) is 2.55. The van der Waals surface area contributed by atoms with Crippen molar-refractivity contribution in [2.24, 2.45) is 0 Å². The molecule has 0 radical (unpaired) electrons. The SMILES string of the molecule is CCCCc1cn(C2CCCCCC2O)c(=O)n1Cc1cc(-c2cccc(-c3nn[nH]n3)c2)ccn1. The van der Waals surface area contributed by atoms with E-state index in [0.29, 0.717) is 12.4 Å². The summed E-state index contributed by atoms with van der Waals surface area (Å²) >= 11 is 0. The first-order valence-electron chi connectivity index (χ1n) is 12.9. The summed E-state index contributed by atoms with van der Waals surface area (Å²) in [6.07, 6.45) is 10.9. The zero-order chi connectivity index (χ0) is 24.9. The molecule has 2 unspecified atom stereocenters. The molecular weight excluding hydrogens is 454 g/mol. The molecule has 2 atom stereocenters. The number of nitrogens with zero attached hydrogens (tertiary/aromatic N) is 6. The minimum absolute atomic E-state index is 0.0571. The Morgan fingerprint density at radius 3 is 2.75 bits per heavy atom. The largest absolute Gasteiger partial charge is 0.391 e. The van der Waals surface area contributed by atoms with Crippen LogP contribution in [0.2, 0.25) is 0 Å². The third-order valence-electron chi connectivity index (χ3n) is 7.11. The smallest absolute Gasteiger partial charge is 0.329 e. The third kappa shape index (κ3) is 5.16. The molecule has 0 bridgehead atoms. The quantitative estimate of drug-likeness (QED) is 0.361. The number of nitrogens with one attached hydrogen (secondary N) is 1. The van der Waals surface area contributed by atoms with Crippen LogP contribution in [0.4, 0.5) is 0 Å². The minimum Gasteiger partial charge on any atom is -0.391 e. The second-order valence-corrected chi connectivity index (χ2v) is 9.62. The molecule has 36 heavy (non-hydrogen) atoms. The monoisotopic (exact) mass is 487 g/mol. The van der Waals surface area contributed by atoms with Crippen LogP contribution in [0.25, 0.3) is 22.5 Å². The first kappa shape index (κ1) is 24.1. The maximum Gasteiger partial charge on any atom is 0.329 e. The first-order valence-corrected chi connectivity index (χ1v) is 12.9. The number of unbranched alkanes of at least 4 members (excludes halogenated alkanes) is 1. The number of aromatic amines is 1. The number of benzene rings is 1. The molecule has 3 aromatic heterocycles. The normalized spacial score (nSPS) is 18.3. The highest BCUT2D eigenvalue weighted by Gasteiger charge is 2.26. The second-order valence-electron chi connectivity index (χ2n) is 9.62. The third-order valence-corrected chi connectivity index (χ3v) is 7.11. The number of aromatic nitrogens is 7. The zero-order valence-electron chi connectivity index (χ0n) is 20.7. The Bertz CT molecular complexity index is 1340. The summed E-state index contributed by atoms with van der Waals surface area (Å²) in [5.74, 6) is 0.542. The summed E-state index contributed by atoms with van der Waals surface area (Å²) in [7, 11) is 0. The van der Waals surface area contributed by atoms with E-state index in [1.807, 2.05) is 47.2 Å². The molecule has 0 amide bonds. The van der Waals surface area contributed by atoms with Crippen LogP contribution in [0, 0.1) is 0 Å². The number of hydrogen-bond donors (Lipinski definition) is 2. The Labute approximate surface area is 210 Å². The number of imidazole rings is 1. The van der Waals surface area contributed by atoms with Crippen molar-refractivity contribution in [2.45, 2.75) is 77.0 Å². The van der Waals surface area contributed by atoms with Gasteiger partial charge in [-0.1, -0.05) is 50.8 Å². The summed E-state index contributed by atoms with van der Waals surface area (Å²) in [5, 5.41) is 25.0. The van der Waals surface area contributed by atoms with E-state index in [2.05, 4.69) is 32.5 Å². The minimum atomic E-state index is -0.479. The van der Waals surface area contributed by atoms with E-state index in [0.717, 1.165) is 79.4 Å². The van der Waals surface area contributed by atoms with E-state index >= 15 is 0 Å². The number of aliphatic hydroxyl groups is 1. The predicted octanol–water partition coefficient (Wildman–Crippen LogP) is 4.15. The molecule has 1 aliphatic carbocycles. The lowest BCUT2D eigenvalue weighted by atomic mass is 10.0. The molecule has 2 N–H and O–H groups in total. The number of rotatable bonds is 8. The Morgan fingerprint density at radius 2 is 1.92 bits per heavy atom. The molecule has 0 spiro atoms. The van der Waals surface area contributed by atoms with Crippen LogP contribution in [0.1, 0.15) is 69.3 Å². The lowest BCUT2D eigenvalue weighted by molar-refractivity contribution is 0.103. The summed E-state index contributed by atoms with van der Waals surface area (Å²) in [5.41, 5.74) is 4.65. The van der Waals surface area contributed by atoms with E-state index in [-0.39, 0.29) is 11.7 Å². The van der Waals surface area contributed by atoms with Crippen LogP contribution in [0.5, 0.6) is 0 Å². The van der Waals surface area contributed by atoms with Crippen LogP contribution >= 0.6 is 0 Å².